The molecule has 1 rings (SSSR count). The van der Waals surface area contributed by atoms with Gasteiger partial charge in [0.05, 0.1) is 0 Å². The quantitative estimate of drug-likeness (QED) is 0.721. The lowest BCUT2D eigenvalue weighted by Crippen LogP contribution is -2.09. The summed E-state index contributed by atoms with van der Waals surface area (Å²) in [7, 11) is 0. The number of amides is 1. The molecule has 19 heavy (non-hydrogen) atoms. The maximum Gasteiger partial charge on any atom is 0.224 e. The number of ketones is 1. The van der Waals surface area contributed by atoms with Gasteiger partial charge in [0, 0.05) is 26.4 Å². The van der Waals surface area contributed by atoms with E-state index >= 15 is 0 Å². The minimum Gasteiger partial charge on any atom is -0.326 e. The number of benzene rings is 1. The van der Waals surface area contributed by atoms with Crippen molar-refractivity contribution in [2.45, 2.75) is 52.4 Å². The largest absolute Gasteiger partial charge is 0.326 e. The van der Waals surface area contributed by atoms with Crippen molar-refractivity contribution < 1.29 is 11.0 Å². The third-order valence-corrected chi connectivity index (χ3v) is 3.10. The van der Waals surface area contributed by atoms with Crippen molar-refractivity contribution in [3.8, 4) is 0 Å². The first-order valence-corrected chi connectivity index (χ1v) is 7.06. The zero-order valence-corrected chi connectivity index (χ0v) is 11.9. The first-order valence-electron chi connectivity index (χ1n) is 7.06. The Kier molecular flexibility index (Phi) is 6.86. The molecule has 1 amide bonds. The Balaban J connectivity index is 0.00000361. The number of unbranched alkanes of at least 4 members (excludes halogenated alkanes) is 1. The molecule has 0 aliphatic heterocycles. The average Bonchev–Trinajstić information content (AvgIpc) is 2.43. The van der Waals surface area contributed by atoms with Gasteiger partial charge in [-0.2, -0.15) is 0 Å². The smallest absolute Gasteiger partial charge is 0.224 e. The van der Waals surface area contributed by atoms with Crippen LogP contribution in [0.2, 0.25) is 0 Å². The first kappa shape index (κ1) is 15.4. The van der Waals surface area contributed by atoms with Crippen LogP contribution >= 0.6 is 0 Å². The molecule has 1 aromatic carbocycles. The topological polar surface area (TPSA) is 46.2 Å². The molecule has 0 bridgehead atoms. The minimum atomic E-state index is 0. The van der Waals surface area contributed by atoms with E-state index in [4.69, 9.17) is 0 Å². The van der Waals surface area contributed by atoms with E-state index in [2.05, 4.69) is 11.4 Å². The second kappa shape index (κ2) is 8.46. The van der Waals surface area contributed by atoms with Crippen molar-refractivity contribution in [3.05, 3.63) is 29.8 Å². The molecule has 0 saturated heterocycles. The Bertz CT molecular complexity index is 432. The van der Waals surface area contributed by atoms with E-state index < -0.39 is 0 Å². The van der Waals surface area contributed by atoms with E-state index in [9.17, 15) is 9.59 Å². The number of nitrogens with one attached hydrogen (secondary N) is 1. The number of carbonyl (C=O) groups is 2. The molecule has 0 saturated carbocycles. The number of Topliss-reactive ketones (excluding diaryl/α,β-unsaturated/α-hetero) is 1. The van der Waals surface area contributed by atoms with Crippen LogP contribution in [0, 0.1) is 0 Å². The van der Waals surface area contributed by atoms with Gasteiger partial charge in [-0.05, 0) is 37.0 Å². The molecule has 3 heteroatoms. The standard InChI is InChI=1S/C16H23NO2.H2/c1-3-15(18)11-6-5-8-13-9-7-10-14(12-13)17-16(19)4-2;/h7,9-10,12H,3-6,8,11H2,1-2H3,(H,17,19);1H. The predicted octanol–water partition coefficient (Wildman–Crippen LogP) is 3.97. The van der Waals surface area contributed by atoms with Crippen LogP contribution in [0.4, 0.5) is 5.69 Å². The van der Waals surface area contributed by atoms with Crippen molar-refractivity contribution >= 4 is 17.4 Å². The summed E-state index contributed by atoms with van der Waals surface area (Å²) in [6, 6.07) is 7.92. The molecule has 0 spiro atoms. The van der Waals surface area contributed by atoms with Gasteiger partial charge in [0.1, 0.15) is 5.78 Å². The molecule has 3 nitrogen and oxygen atoms in total. The molecule has 0 heterocycles. The molecule has 0 aliphatic rings. The number of carbonyl (C=O) groups excluding carboxylic acids is 2. The lowest BCUT2D eigenvalue weighted by molar-refractivity contribution is -0.119. The van der Waals surface area contributed by atoms with Gasteiger partial charge in [0.2, 0.25) is 5.91 Å². The average molecular weight is 263 g/mol. The van der Waals surface area contributed by atoms with Gasteiger partial charge in [-0.15, -0.1) is 0 Å². The van der Waals surface area contributed by atoms with Gasteiger partial charge in [-0.3, -0.25) is 9.59 Å². The SMILES string of the molecule is CCC(=O)CCCCc1cccc(NC(=O)CC)c1.[HH]. The van der Waals surface area contributed by atoms with E-state index in [0.717, 1.165) is 24.9 Å². The minimum absolute atomic E-state index is 0. The molecule has 0 radical (unpaired) electrons. The van der Waals surface area contributed by atoms with Crippen LogP contribution in [-0.2, 0) is 16.0 Å². The molecule has 0 atom stereocenters. The number of hydrogen-bond donors (Lipinski definition) is 1. The highest BCUT2D eigenvalue weighted by atomic mass is 16.1. The van der Waals surface area contributed by atoms with Gasteiger partial charge >= 0.3 is 0 Å². The maximum atomic E-state index is 11.3. The molecule has 0 unspecified atom stereocenters. The summed E-state index contributed by atoms with van der Waals surface area (Å²) in [5.74, 6) is 0.370. The van der Waals surface area contributed by atoms with E-state index in [1.165, 1.54) is 5.56 Å². The van der Waals surface area contributed by atoms with Crippen LogP contribution < -0.4 is 5.32 Å². The molecule has 0 aliphatic carbocycles. The Morgan fingerprint density at radius 2 is 1.95 bits per heavy atom. The lowest BCUT2D eigenvalue weighted by Gasteiger charge is -2.06. The molecule has 0 fully saturated rings. The summed E-state index contributed by atoms with van der Waals surface area (Å²) < 4.78 is 0. The van der Waals surface area contributed by atoms with Crippen molar-refractivity contribution in [1.29, 1.82) is 0 Å². The zero-order chi connectivity index (χ0) is 14.1. The lowest BCUT2D eigenvalue weighted by atomic mass is 10.0. The monoisotopic (exact) mass is 263 g/mol. The Morgan fingerprint density at radius 1 is 1.16 bits per heavy atom. The molecular formula is C16H25NO2. The molecule has 1 aromatic rings. The van der Waals surface area contributed by atoms with Gasteiger partial charge in [0.15, 0.2) is 0 Å². The van der Waals surface area contributed by atoms with Crippen LogP contribution in [0.15, 0.2) is 24.3 Å². The number of anilines is 1. The van der Waals surface area contributed by atoms with Gasteiger partial charge in [0.25, 0.3) is 0 Å². The summed E-state index contributed by atoms with van der Waals surface area (Å²) in [5, 5.41) is 2.86. The number of hydrogen-bond acceptors (Lipinski definition) is 2. The summed E-state index contributed by atoms with van der Waals surface area (Å²) in [5.41, 5.74) is 2.06. The maximum absolute atomic E-state index is 11.3. The predicted molar refractivity (Wildman–Crippen MR) is 80.3 cm³/mol. The Morgan fingerprint density at radius 3 is 2.63 bits per heavy atom. The van der Waals surface area contributed by atoms with Gasteiger partial charge in [-0.25, -0.2) is 0 Å². The van der Waals surface area contributed by atoms with Crippen LogP contribution in [0.5, 0.6) is 0 Å². The summed E-state index contributed by atoms with van der Waals surface area (Å²) >= 11 is 0. The van der Waals surface area contributed by atoms with Gasteiger partial charge < -0.3 is 5.32 Å². The molecule has 1 N–H and O–H groups in total. The highest BCUT2D eigenvalue weighted by molar-refractivity contribution is 5.90. The van der Waals surface area contributed by atoms with Crippen LogP contribution in [0.3, 0.4) is 0 Å². The highest BCUT2D eigenvalue weighted by Gasteiger charge is 2.01. The fourth-order valence-electron chi connectivity index (χ4n) is 1.88. The van der Waals surface area contributed by atoms with E-state index in [1.807, 2.05) is 32.0 Å². The molecule has 106 valence electrons. The summed E-state index contributed by atoms with van der Waals surface area (Å²) in [4.78, 5) is 22.5. The van der Waals surface area contributed by atoms with Crippen molar-refractivity contribution in [2.24, 2.45) is 0 Å². The molecule has 0 aromatic heterocycles. The summed E-state index contributed by atoms with van der Waals surface area (Å²) in [6.45, 7) is 3.74. The second-order valence-corrected chi connectivity index (χ2v) is 4.70. The molecular weight excluding hydrogens is 238 g/mol. The third kappa shape index (κ3) is 6.18. The van der Waals surface area contributed by atoms with Gasteiger partial charge in [-0.1, -0.05) is 26.0 Å². The van der Waals surface area contributed by atoms with Crippen molar-refractivity contribution in [1.82, 2.24) is 0 Å². The van der Waals surface area contributed by atoms with E-state index in [0.29, 0.717) is 25.0 Å². The van der Waals surface area contributed by atoms with Crippen LogP contribution in [0.1, 0.15) is 52.9 Å². The fraction of sp³-hybridized carbons (Fsp3) is 0.500. The van der Waals surface area contributed by atoms with E-state index in [1.54, 1.807) is 0 Å². The zero-order valence-electron chi connectivity index (χ0n) is 11.9. The number of aryl methyl sites for hydroxylation is 1. The third-order valence-electron chi connectivity index (χ3n) is 3.10. The highest BCUT2D eigenvalue weighted by Crippen LogP contribution is 2.14. The van der Waals surface area contributed by atoms with Crippen molar-refractivity contribution in [2.75, 3.05) is 5.32 Å². The van der Waals surface area contributed by atoms with E-state index in [-0.39, 0.29) is 7.33 Å². The summed E-state index contributed by atoms with van der Waals surface area (Å²) in [6.07, 6.45) is 4.71. The number of rotatable bonds is 8. The Hall–Kier alpha value is -1.64. The Labute approximate surface area is 116 Å². The fourth-order valence-corrected chi connectivity index (χ4v) is 1.88. The normalized spacial score (nSPS) is 10.2. The first-order chi connectivity index (χ1) is 9.15. The second-order valence-electron chi connectivity index (χ2n) is 4.70. The van der Waals surface area contributed by atoms with Crippen LogP contribution in [0.25, 0.3) is 0 Å². The van der Waals surface area contributed by atoms with Crippen molar-refractivity contribution in [3.63, 3.8) is 0 Å². The van der Waals surface area contributed by atoms with Crippen LogP contribution in [-0.4, -0.2) is 11.7 Å².